The number of thiophene rings is 2. The van der Waals surface area contributed by atoms with Gasteiger partial charge in [-0.25, -0.2) is 0 Å². The number of unbranched alkanes of at least 4 members (excludes halogenated alkanes) is 4. The van der Waals surface area contributed by atoms with Crippen molar-refractivity contribution < 1.29 is 0 Å². The van der Waals surface area contributed by atoms with E-state index in [1.807, 2.05) is 22.7 Å². The van der Waals surface area contributed by atoms with Crippen LogP contribution in [0.1, 0.15) is 193 Å². The summed E-state index contributed by atoms with van der Waals surface area (Å²) in [7, 11) is 0. The Morgan fingerprint density at radius 2 is 0.820 bits per heavy atom. The Hall–Kier alpha value is -2.52. The van der Waals surface area contributed by atoms with Gasteiger partial charge in [0.1, 0.15) is 22.1 Å². The molecule has 0 aliphatic heterocycles. The lowest BCUT2D eigenvalue weighted by atomic mass is 9.65. The lowest BCUT2D eigenvalue weighted by molar-refractivity contribution is 0.266. The zero-order valence-corrected chi connectivity index (χ0v) is 42.1. The fraction of sp³-hybridized carbons (Fsp3) is 0.623. The summed E-state index contributed by atoms with van der Waals surface area (Å²) in [5, 5.41) is 0. The molecule has 4 aromatic heterocycles. The summed E-state index contributed by atoms with van der Waals surface area (Å²) in [5.74, 6) is 2.77. The van der Waals surface area contributed by atoms with Gasteiger partial charge < -0.3 is 0 Å². The Morgan fingerprint density at radius 3 is 1.18 bits per heavy atom. The summed E-state index contributed by atoms with van der Waals surface area (Å²) in [4.78, 5) is 5.75. The fourth-order valence-corrected chi connectivity index (χ4v) is 14.6. The number of aromatic nitrogens is 4. The van der Waals surface area contributed by atoms with E-state index < -0.39 is 0 Å². The highest BCUT2D eigenvalue weighted by Gasteiger charge is 2.48. The van der Waals surface area contributed by atoms with Crippen molar-refractivity contribution in [3.05, 3.63) is 58.7 Å². The number of rotatable bonds is 26. The van der Waals surface area contributed by atoms with Gasteiger partial charge in [-0.2, -0.15) is 17.5 Å². The van der Waals surface area contributed by atoms with E-state index >= 15 is 0 Å². The van der Waals surface area contributed by atoms with E-state index in [2.05, 4.69) is 91.8 Å². The van der Waals surface area contributed by atoms with Crippen LogP contribution in [0.2, 0.25) is 0 Å². The molecule has 4 atom stereocenters. The standard InChI is InChI=1S/C53H74N4S4/c1-9-17-21-35(13-5)29-39-25-27-41(49-47(39)54-60-56-49)45-31-43-51(58-45)52-44(53(43,33-37(15-7)23-19-11-3)34-38(16-8)24-20-12-4)32-46(59-52)42-28-26-40(48-50(42)57-61-55-48)30-36(14-6)22-18-10-2/h25-28,31-32,35-38H,9-24,29-30,33-34H2,1-8H3. The molecule has 330 valence electrons. The molecule has 0 radical (unpaired) electrons. The molecule has 0 N–H and O–H groups in total. The molecule has 0 fully saturated rings. The number of hydrogen-bond acceptors (Lipinski definition) is 8. The second-order valence-corrected chi connectivity index (χ2v) is 21.9. The second kappa shape index (κ2) is 21.9. The topological polar surface area (TPSA) is 51.6 Å². The summed E-state index contributed by atoms with van der Waals surface area (Å²) in [6, 6.07) is 14.9. The van der Waals surface area contributed by atoms with Crippen LogP contribution in [0.25, 0.3) is 52.7 Å². The molecule has 8 heteroatoms. The molecule has 0 spiro atoms. The third-order valence-corrected chi connectivity index (χ3v) is 18.3. The van der Waals surface area contributed by atoms with Crippen LogP contribution in [-0.4, -0.2) is 17.5 Å². The van der Waals surface area contributed by atoms with Crippen LogP contribution in [0.15, 0.2) is 36.4 Å². The molecule has 7 rings (SSSR count). The molecule has 4 nitrogen and oxygen atoms in total. The summed E-state index contributed by atoms with van der Waals surface area (Å²) in [6.07, 6.45) is 25.0. The number of benzene rings is 2. The van der Waals surface area contributed by atoms with Gasteiger partial charge in [0.2, 0.25) is 0 Å². The highest BCUT2D eigenvalue weighted by molar-refractivity contribution is 7.26. The second-order valence-electron chi connectivity index (χ2n) is 18.7. The largest absolute Gasteiger partial charge is 0.173 e. The third kappa shape index (κ3) is 9.93. The maximum Gasteiger partial charge on any atom is 0.113 e. The summed E-state index contributed by atoms with van der Waals surface area (Å²) < 4.78 is 20.1. The molecule has 1 aliphatic rings. The summed E-state index contributed by atoms with van der Waals surface area (Å²) in [5.41, 5.74) is 13.0. The first kappa shape index (κ1) is 46.5. The Morgan fingerprint density at radius 1 is 0.459 bits per heavy atom. The normalized spacial score (nSPS) is 17.0. The molecule has 0 amide bonds. The lowest BCUT2D eigenvalue weighted by Gasteiger charge is -2.37. The van der Waals surface area contributed by atoms with Crippen LogP contribution in [0.4, 0.5) is 0 Å². The average Bonchev–Trinajstić information content (AvgIpc) is 4.14. The van der Waals surface area contributed by atoms with Crippen LogP contribution in [-0.2, 0) is 18.3 Å². The molecule has 4 unspecified atom stereocenters. The Kier molecular flexibility index (Phi) is 16.7. The predicted octanol–water partition coefficient (Wildman–Crippen LogP) is 18.2. The van der Waals surface area contributed by atoms with Crippen molar-refractivity contribution in [2.45, 2.75) is 189 Å². The Balaban J connectivity index is 1.37. The van der Waals surface area contributed by atoms with E-state index in [-0.39, 0.29) is 5.41 Å². The summed E-state index contributed by atoms with van der Waals surface area (Å²) >= 11 is 6.85. The zero-order chi connectivity index (χ0) is 42.9. The van der Waals surface area contributed by atoms with Gasteiger partial charge in [-0.05, 0) is 83.7 Å². The minimum atomic E-state index is -0.0169. The van der Waals surface area contributed by atoms with Crippen molar-refractivity contribution in [2.75, 3.05) is 0 Å². The predicted molar refractivity (Wildman–Crippen MR) is 271 cm³/mol. The Labute approximate surface area is 385 Å². The quantitative estimate of drug-likeness (QED) is 0.0544. The Bertz CT molecular complexity index is 2130. The molecule has 0 bridgehead atoms. The van der Waals surface area contributed by atoms with Crippen LogP contribution >= 0.6 is 46.1 Å². The number of fused-ring (bicyclic) bond motifs is 5. The number of nitrogens with zero attached hydrogens (tertiary/aromatic N) is 4. The maximum absolute atomic E-state index is 5.05. The van der Waals surface area contributed by atoms with Crippen molar-refractivity contribution in [3.63, 3.8) is 0 Å². The van der Waals surface area contributed by atoms with Gasteiger partial charge in [-0.15, -0.1) is 22.7 Å². The maximum atomic E-state index is 5.05. The average molecular weight is 895 g/mol. The van der Waals surface area contributed by atoms with Gasteiger partial charge in [0.05, 0.1) is 23.5 Å². The monoisotopic (exact) mass is 894 g/mol. The fourth-order valence-electron chi connectivity index (χ4n) is 10.7. The molecule has 6 aromatic rings. The minimum absolute atomic E-state index is 0.0169. The number of hydrogen-bond donors (Lipinski definition) is 0. The van der Waals surface area contributed by atoms with E-state index in [0.29, 0.717) is 23.7 Å². The first-order valence-electron chi connectivity index (χ1n) is 24.6. The van der Waals surface area contributed by atoms with Gasteiger partial charge in [0.15, 0.2) is 0 Å². The van der Waals surface area contributed by atoms with Gasteiger partial charge in [-0.3, -0.25) is 0 Å². The molecule has 2 aromatic carbocycles. The lowest BCUT2D eigenvalue weighted by Crippen LogP contribution is -2.31. The van der Waals surface area contributed by atoms with Crippen molar-refractivity contribution in [3.8, 4) is 30.6 Å². The van der Waals surface area contributed by atoms with E-state index in [0.717, 1.165) is 34.9 Å². The third-order valence-electron chi connectivity index (χ3n) is 14.7. The highest BCUT2D eigenvalue weighted by atomic mass is 32.1. The van der Waals surface area contributed by atoms with E-state index in [9.17, 15) is 0 Å². The molecule has 61 heavy (non-hydrogen) atoms. The van der Waals surface area contributed by atoms with Gasteiger partial charge in [0.25, 0.3) is 0 Å². The van der Waals surface area contributed by atoms with Crippen LogP contribution in [0, 0.1) is 23.7 Å². The highest BCUT2D eigenvalue weighted by Crippen LogP contribution is 2.63. The van der Waals surface area contributed by atoms with Crippen LogP contribution in [0.3, 0.4) is 0 Å². The van der Waals surface area contributed by atoms with Crippen LogP contribution in [0.5, 0.6) is 0 Å². The van der Waals surface area contributed by atoms with Gasteiger partial charge in [-0.1, -0.05) is 182 Å². The van der Waals surface area contributed by atoms with Crippen LogP contribution < -0.4 is 0 Å². The first-order valence-corrected chi connectivity index (χ1v) is 27.7. The van der Waals surface area contributed by atoms with Gasteiger partial charge in [0, 0.05) is 36.1 Å². The van der Waals surface area contributed by atoms with Crippen molar-refractivity contribution >= 4 is 68.2 Å². The molecular weight excluding hydrogens is 821 g/mol. The zero-order valence-electron chi connectivity index (χ0n) is 38.8. The van der Waals surface area contributed by atoms with E-state index in [1.165, 1.54) is 181 Å². The smallest absolute Gasteiger partial charge is 0.113 e. The van der Waals surface area contributed by atoms with Crippen molar-refractivity contribution in [1.82, 2.24) is 17.5 Å². The van der Waals surface area contributed by atoms with Crippen molar-refractivity contribution in [2.24, 2.45) is 23.7 Å². The molecular formula is C53H74N4S4. The molecule has 4 heterocycles. The van der Waals surface area contributed by atoms with E-state index in [1.54, 1.807) is 11.1 Å². The SMILES string of the molecule is CCCCC(CC)Cc1ccc(-c2cc3c(s2)-c2sc(-c4ccc(CC(CC)CCCC)c5nsnc45)cc2C3(CC(CC)CCCC)CC(CC)CCCC)c2nsnc12. The molecule has 0 saturated heterocycles. The first-order chi connectivity index (χ1) is 29.9. The van der Waals surface area contributed by atoms with Gasteiger partial charge >= 0.3 is 0 Å². The summed E-state index contributed by atoms with van der Waals surface area (Å²) in [6.45, 7) is 19.0. The molecule has 1 aliphatic carbocycles. The minimum Gasteiger partial charge on any atom is -0.173 e. The van der Waals surface area contributed by atoms with E-state index in [4.69, 9.17) is 17.5 Å². The van der Waals surface area contributed by atoms with Crippen molar-refractivity contribution in [1.29, 1.82) is 0 Å². The molecule has 0 saturated carbocycles.